The van der Waals surface area contributed by atoms with Crippen molar-refractivity contribution >= 4 is 35.8 Å². The fourth-order valence-electron chi connectivity index (χ4n) is 4.35. The lowest BCUT2D eigenvalue weighted by Gasteiger charge is -2.35. The second kappa shape index (κ2) is 12.8. The lowest BCUT2D eigenvalue weighted by Crippen LogP contribution is -2.53. The predicted molar refractivity (Wildman–Crippen MR) is 141 cm³/mol. The number of rotatable bonds is 7. The number of piperazine rings is 1. The molecule has 1 aliphatic heterocycles. The van der Waals surface area contributed by atoms with Crippen LogP contribution in [-0.4, -0.2) is 58.3 Å². The van der Waals surface area contributed by atoms with E-state index in [9.17, 15) is 18.4 Å². The number of halogens is 5. The zero-order valence-corrected chi connectivity index (χ0v) is 22.5. The summed E-state index contributed by atoms with van der Waals surface area (Å²) < 4.78 is 49.0. The van der Waals surface area contributed by atoms with Crippen LogP contribution < -0.4 is 10.1 Å². The number of hydrogen-bond donors (Lipinski definition) is 1. The van der Waals surface area contributed by atoms with Crippen molar-refractivity contribution in [3.05, 3.63) is 41.9 Å². The smallest absolute Gasteiger partial charge is 0.419 e. The molecule has 0 spiro atoms. The number of nitrogens with one attached hydrogen (secondary N) is 1. The Kier molecular flexibility index (Phi) is 10.6. The molecule has 202 valence electrons. The van der Waals surface area contributed by atoms with Crippen LogP contribution >= 0.6 is 24.8 Å². The molecular weight excluding hydrogens is 528 g/mol. The minimum atomic E-state index is -4.59. The summed E-state index contributed by atoms with van der Waals surface area (Å²) in [4.78, 5) is 10.7. The zero-order chi connectivity index (χ0) is 25.2. The molecule has 0 unspecified atom stereocenters. The number of fused-ring (bicyclic) bond motifs is 1. The number of pyridine rings is 1. The summed E-state index contributed by atoms with van der Waals surface area (Å²) in [5, 5.41) is 12.9. The van der Waals surface area contributed by atoms with E-state index in [0.717, 1.165) is 32.2 Å². The largest absolute Gasteiger partial charge is 0.493 e. The first kappa shape index (κ1) is 30.6. The molecule has 12 heteroatoms. The topological polar surface area (TPSA) is 79.0 Å². The van der Waals surface area contributed by atoms with E-state index in [1.54, 1.807) is 30.1 Å². The van der Waals surface area contributed by atoms with E-state index in [1.807, 2.05) is 6.07 Å². The highest BCUT2D eigenvalue weighted by atomic mass is 35.5. The number of benzene rings is 1. The van der Waals surface area contributed by atoms with Gasteiger partial charge in [0.1, 0.15) is 17.3 Å². The average Bonchev–Trinajstić information content (AvgIpc) is 3.21. The van der Waals surface area contributed by atoms with Crippen LogP contribution in [0.1, 0.15) is 31.5 Å². The average molecular weight is 559 g/mol. The Balaban J connectivity index is 0.00000241. The van der Waals surface area contributed by atoms with Crippen LogP contribution in [0.2, 0.25) is 0 Å². The number of alkyl halides is 3. The van der Waals surface area contributed by atoms with E-state index >= 15 is 0 Å². The number of aromatic nitrogens is 3. The molecule has 1 saturated heterocycles. The van der Waals surface area contributed by atoms with Crippen LogP contribution in [0.5, 0.6) is 5.75 Å². The SMILES string of the molecule is CC(C)[C@H]1CN(CCCOc2ccc(-c3cc4c(ncn4C)c(C#N)n3)cc2C(F)(F)F)CCN1.Cl.Cl. The number of hydrogen-bond acceptors (Lipinski definition) is 6. The van der Waals surface area contributed by atoms with E-state index in [0.29, 0.717) is 29.4 Å². The van der Waals surface area contributed by atoms with E-state index in [4.69, 9.17) is 4.74 Å². The monoisotopic (exact) mass is 558 g/mol. The first-order valence-electron chi connectivity index (χ1n) is 11.7. The molecule has 3 heterocycles. The molecule has 1 atom stereocenters. The van der Waals surface area contributed by atoms with E-state index in [2.05, 4.69) is 34.0 Å². The quantitative estimate of drug-likeness (QED) is 0.408. The van der Waals surface area contributed by atoms with Crippen LogP contribution in [0.3, 0.4) is 0 Å². The number of ether oxygens (including phenoxy) is 1. The van der Waals surface area contributed by atoms with Crippen LogP contribution in [0.15, 0.2) is 30.6 Å². The van der Waals surface area contributed by atoms with Gasteiger partial charge < -0.3 is 19.5 Å². The molecule has 1 N–H and O–H groups in total. The lowest BCUT2D eigenvalue weighted by molar-refractivity contribution is -0.138. The lowest BCUT2D eigenvalue weighted by atomic mass is 10.0. The fourth-order valence-corrected chi connectivity index (χ4v) is 4.35. The maximum absolute atomic E-state index is 13.9. The van der Waals surface area contributed by atoms with Gasteiger partial charge in [-0.05, 0) is 36.6 Å². The van der Waals surface area contributed by atoms with Gasteiger partial charge in [0.2, 0.25) is 0 Å². The second-order valence-electron chi connectivity index (χ2n) is 9.21. The summed E-state index contributed by atoms with van der Waals surface area (Å²) in [6, 6.07) is 7.95. The van der Waals surface area contributed by atoms with Gasteiger partial charge in [-0.2, -0.15) is 18.4 Å². The molecule has 0 bridgehead atoms. The maximum atomic E-state index is 13.9. The number of aryl methyl sites for hydroxylation is 1. The third kappa shape index (κ3) is 7.05. The minimum absolute atomic E-state index is 0. The summed E-state index contributed by atoms with van der Waals surface area (Å²) in [7, 11) is 1.75. The normalized spacial score (nSPS) is 16.2. The summed E-state index contributed by atoms with van der Waals surface area (Å²) >= 11 is 0. The molecular formula is C25H31Cl2F3N6O. The highest BCUT2D eigenvalue weighted by Crippen LogP contribution is 2.39. The number of nitriles is 1. The Morgan fingerprint density at radius 2 is 2.00 bits per heavy atom. The third-order valence-corrected chi connectivity index (χ3v) is 6.37. The first-order chi connectivity index (χ1) is 16.7. The van der Waals surface area contributed by atoms with Gasteiger partial charge in [-0.15, -0.1) is 24.8 Å². The number of nitrogens with zero attached hydrogens (tertiary/aromatic N) is 5. The summed E-state index contributed by atoms with van der Waals surface area (Å²) in [5.74, 6) is 0.322. The molecule has 1 aromatic carbocycles. The van der Waals surface area contributed by atoms with Crippen LogP contribution in [0.25, 0.3) is 22.3 Å². The second-order valence-corrected chi connectivity index (χ2v) is 9.21. The maximum Gasteiger partial charge on any atom is 0.419 e. The van der Waals surface area contributed by atoms with Crippen molar-refractivity contribution in [2.45, 2.75) is 32.5 Å². The van der Waals surface area contributed by atoms with Crippen LogP contribution in [0, 0.1) is 17.2 Å². The van der Waals surface area contributed by atoms with Gasteiger partial charge in [0.05, 0.1) is 29.7 Å². The molecule has 1 aliphatic rings. The van der Waals surface area contributed by atoms with Gasteiger partial charge >= 0.3 is 6.18 Å². The summed E-state index contributed by atoms with van der Waals surface area (Å²) in [6.07, 6.45) is -2.42. The molecule has 7 nitrogen and oxygen atoms in total. The fraction of sp³-hybridized carbons (Fsp3) is 0.480. The molecule has 1 fully saturated rings. The molecule has 0 radical (unpaired) electrons. The van der Waals surface area contributed by atoms with Crippen molar-refractivity contribution in [1.82, 2.24) is 24.8 Å². The Hall–Kier alpha value is -2.58. The Morgan fingerprint density at radius 3 is 2.68 bits per heavy atom. The minimum Gasteiger partial charge on any atom is -0.493 e. The summed E-state index contributed by atoms with van der Waals surface area (Å²) in [5.41, 5.74) is 0.770. The molecule has 4 rings (SSSR count). The number of imidazole rings is 1. The van der Waals surface area contributed by atoms with Crippen molar-refractivity contribution in [2.75, 3.05) is 32.8 Å². The van der Waals surface area contributed by atoms with Gasteiger partial charge in [-0.1, -0.05) is 13.8 Å². The molecule has 37 heavy (non-hydrogen) atoms. The molecule has 0 amide bonds. The van der Waals surface area contributed by atoms with Crippen molar-refractivity contribution in [3.8, 4) is 23.1 Å². The Bertz CT molecular complexity index is 1240. The molecule has 0 saturated carbocycles. The van der Waals surface area contributed by atoms with Gasteiger partial charge in [0, 0.05) is 44.8 Å². The standard InChI is InChI=1S/C25H29F3N6O.2ClH/c1-16(2)21-14-34(9-7-30-21)8-4-10-35-23-6-5-17(11-18(23)25(26,27)28)19-12-22-24(20(13-29)32-19)31-15-33(22)3;;/h5-6,11-12,15-16,21,30H,4,7-10,14H2,1-3H3;2*1H/t21-;;/m1../s1. The molecule has 2 aromatic heterocycles. The molecule has 3 aromatic rings. The Labute approximate surface area is 226 Å². The first-order valence-corrected chi connectivity index (χ1v) is 11.7. The van der Waals surface area contributed by atoms with Crippen LogP contribution in [-0.2, 0) is 13.2 Å². The van der Waals surface area contributed by atoms with Crippen molar-refractivity contribution in [2.24, 2.45) is 13.0 Å². The third-order valence-electron chi connectivity index (χ3n) is 6.37. The van der Waals surface area contributed by atoms with Crippen molar-refractivity contribution < 1.29 is 17.9 Å². The summed E-state index contributed by atoms with van der Waals surface area (Å²) in [6.45, 7) is 8.08. The van der Waals surface area contributed by atoms with E-state index in [1.165, 1.54) is 6.07 Å². The van der Waals surface area contributed by atoms with Gasteiger partial charge in [0.15, 0.2) is 5.69 Å². The molecule has 0 aliphatic carbocycles. The van der Waals surface area contributed by atoms with Crippen molar-refractivity contribution in [3.63, 3.8) is 0 Å². The predicted octanol–water partition coefficient (Wildman–Crippen LogP) is 5.07. The van der Waals surface area contributed by atoms with Crippen molar-refractivity contribution in [1.29, 1.82) is 5.26 Å². The highest BCUT2D eigenvalue weighted by molar-refractivity contribution is 5.86. The van der Waals surface area contributed by atoms with Gasteiger partial charge in [-0.3, -0.25) is 0 Å². The van der Waals surface area contributed by atoms with Gasteiger partial charge in [-0.25, -0.2) is 9.97 Å². The Morgan fingerprint density at radius 1 is 1.24 bits per heavy atom. The van der Waals surface area contributed by atoms with Gasteiger partial charge in [0.25, 0.3) is 0 Å². The highest BCUT2D eigenvalue weighted by Gasteiger charge is 2.35. The zero-order valence-electron chi connectivity index (χ0n) is 20.9. The van der Waals surface area contributed by atoms with Crippen LogP contribution in [0.4, 0.5) is 13.2 Å². The van der Waals surface area contributed by atoms with E-state index < -0.39 is 11.7 Å². The van der Waals surface area contributed by atoms with E-state index in [-0.39, 0.29) is 54.1 Å².